The number of phenolic OH excluding ortho intramolecular Hbond substituents is 1. The molecule has 0 saturated carbocycles. The van der Waals surface area contributed by atoms with Crippen LogP contribution in [0, 0.1) is 0 Å². The Labute approximate surface area is 139 Å². The first kappa shape index (κ1) is 17.3. The van der Waals surface area contributed by atoms with Crippen molar-refractivity contribution >= 4 is 17.7 Å². The van der Waals surface area contributed by atoms with Crippen LogP contribution in [0.25, 0.3) is 11.1 Å². The highest BCUT2D eigenvalue weighted by Gasteiger charge is 2.16. The molecule has 3 N–H and O–H groups in total. The number of aromatic hydroxyl groups is 1. The van der Waals surface area contributed by atoms with Crippen molar-refractivity contribution in [2.45, 2.75) is 26.4 Å². The van der Waals surface area contributed by atoms with Crippen LogP contribution in [-0.4, -0.2) is 27.9 Å². The number of aromatic carboxylic acids is 1. The van der Waals surface area contributed by atoms with Gasteiger partial charge in [0.05, 0.1) is 5.56 Å². The van der Waals surface area contributed by atoms with E-state index >= 15 is 0 Å². The van der Waals surface area contributed by atoms with E-state index in [9.17, 15) is 14.7 Å². The molecule has 0 aliphatic carbocycles. The highest BCUT2D eigenvalue weighted by Crippen LogP contribution is 2.31. The fourth-order valence-corrected chi connectivity index (χ4v) is 2.09. The van der Waals surface area contributed by atoms with E-state index in [1.807, 2.05) is 0 Å². The summed E-state index contributed by atoms with van der Waals surface area (Å²) in [7, 11) is 0. The number of ether oxygens (including phenoxy) is 1. The first-order chi connectivity index (χ1) is 11.2. The molecule has 0 aromatic heterocycles. The van der Waals surface area contributed by atoms with Crippen LogP contribution in [-0.2, 0) is 4.74 Å². The van der Waals surface area contributed by atoms with Crippen LogP contribution in [0.15, 0.2) is 42.5 Å². The molecule has 0 aliphatic rings. The van der Waals surface area contributed by atoms with Gasteiger partial charge in [-0.1, -0.05) is 12.1 Å². The predicted octanol–water partition coefficient (Wildman–Crippen LogP) is 4.10. The van der Waals surface area contributed by atoms with Crippen molar-refractivity contribution in [2.75, 3.05) is 5.32 Å². The normalized spacial score (nSPS) is 11.0. The second-order valence-corrected chi connectivity index (χ2v) is 6.24. The van der Waals surface area contributed by atoms with Crippen LogP contribution in [0.5, 0.6) is 5.75 Å². The van der Waals surface area contributed by atoms with Crippen molar-refractivity contribution in [3.05, 3.63) is 48.0 Å². The fraction of sp³-hybridized carbons (Fsp3) is 0.222. The summed E-state index contributed by atoms with van der Waals surface area (Å²) in [6.45, 7) is 5.31. The van der Waals surface area contributed by atoms with Gasteiger partial charge in [0.2, 0.25) is 0 Å². The van der Waals surface area contributed by atoms with E-state index < -0.39 is 17.7 Å². The summed E-state index contributed by atoms with van der Waals surface area (Å²) in [5, 5.41) is 21.6. The maximum absolute atomic E-state index is 11.8. The van der Waals surface area contributed by atoms with Gasteiger partial charge in [-0.05, 0) is 56.7 Å². The van der Waals surface area contributed by atoms with Gasteiger partial charge in [0.1, 0.15) is 11.4 Å². The predicted molar refractivity (Wildman–Crippen MR) is 90.4 cm³/mol. The first-order valence-electron chi connectivity index (χ1n) is 7.32. The third kappa shape index (κ3) is 4.49. The summed E-state index contributed by atoms with van der Waals surface area (Å²) in [6.07, 6.45) is -0.579. The number of carboxylic acids is 1. The SMILES string of the molecule is CC(C)(C)OC(=O)Nc1cccc(-c2ccc(C(=O)O)cc2O)c1. The average Bonchev–Trinajstić information content (AvgIpc) is 2.45. The number of carbonyl (C=O) groups excluding carboxylic acids is 1. The molecule has 6 nitrogen and oxygen atoms in total. The van der Waals surface area contributed by atoms with Gasteiger partial charge in [-0.2, -0.15) is 0 Å². The minimum Gasteiger partial charge on any atom is -0.507 e. The highest BCUT2D eigenvalue weighted by atomic mass is 16.6. The molecule has 0 unspecified atom stereocenters. The molecule has 0 aliphatic heterocycles. The maximum Gasteiger partial charge on any atom is 0.412 e. The van der Waals surface area contributed by atoms with Gasteiger partial charge in [-0.25, -0.2) is 9.59 Å². The van der Waals surface area contributed by atoms with Crippen LogP contribution in [0.2, 0.25) is 0 Å². The van der Waals surface area contributed by atoms with Crippen molar-refractivity contribution in [1.29, 1.82) is 0 Å². The third-order valence-corrected chi connectivity index (χ3v) is 3.06. The van der Waals surface area contributed by atoms with Gasteiger partial charge in [0, 0.05) is 11.3 Å². The van der Waals surface area contributed by atoms with Crippen LogP contribution >= 0.6 is 0 Å². The summed E-state index contributed by atoms with van der Waals surface area (Å²) in [6, 6.07) is 10.9. The molecule has 0 spiro atoms. The summed E-state index contributed by atoms with van der Waals surface area (Å²) >= 11 is 0. The molecule has 0 saturated heterocycles. The second kappa shape index (κ2) is 6.62. The summed E-state index contributed by atoms with van der Waals surface area (Å²) in [5.74, 6) is -1.26. The van der Waals surface area contributed by atoms with Crippen molar-refractivity contribution < 1.29 is 24.5 Å². The van der Waals surface area contributed by atoms with E-state index in [-0.39, 0.29) is 11.3 Å². The van der Waals surface area contributed by atoms with Crippen LogP contribution in [0.4, 0.5) is 10.5 Å². The third-order valence-electron chi connectivity index (χ3n) is 3.06. The lowest BCUT2D eigenvalue weighted by Gasteiger charge is -2.19. The molecule has 0 bridgehead atoms. The number of nitrogens with one attached hydrogen (secondary N) is 1. The number of hydrogen-bond acceptors (Lipinski definition) is 4. The Morgan fingerprint density at radius 3 is 2.38 bits per heavy atom. The average molecular weight is 329 g/mol. The number of carboxylic acid groups (broad SMARTS) is 1. The second-order valence-electron chi connectivity index (χ2n) is 6.24. The van der Waals surface area contributed by atoms with E-state index in [1.54, 1.807) is 45.0 Å². The number of hydrogen-bond donors (Lipinski definition) is 3. The van der Waals surface area contributed by atoms with Crippen LogP contribution in [0.1, 0.15) is 31.1 Å². The lowest BCUT2D eigenvalue weighted by Crippen LogP contribution is -2.27. The van der Waals surface area contributed by atoms with E-state index in [0.717, 1.165) is 0 Å². The van der Waals surface area contributed by atoms with Crippen molar-refractivity contribution in [3.8, 4) is 16.9 Å². The zero-order valence-electron chi connectivity index (χ0n) is 13.7. The Morgan fingerprint density at radius 2 is 1.79 bits per heavy atom. The molecule has 0 heterocycles. The molecule has 0 radical (unpaired) electrons. The lowest BCUT2D eigenvalue weighted by molar-refractivity contribution is 0.0634. The Hall–Kier alpha value is -3.02. The fourth-order valence-electron chi connectivity index (χ4n) is 2.09. The molecule has 2 aromatic carbocycles. The summed E-state index contributed by atoms with van der Waals surface area (Å²) < 4.78 is 5.19. The van der Waals surface area contributed by atoms with Gasteiger partial charge in [-0.3, -0.25) is 5.32 Å². The number of rotatable bonds is 3. The molecule has 6 heteroatoms. The highest BCUT2D eigenvalue weighted by molar-refractivity contribution is 5.90. The Bertz CT molecular complexity index is 777. The molecular formula is C18H19NO5. The molecule has 0 fully saturated rings. The van der Waals surface area contributed by atoms with Crippen molar-refractivity contribution in [3.63, 3.8) is 0 Å². The number of benzene rings is 2. The monoisotopic (exact) mass is 329 g/mol. The van der Waals surface area contributed by atoms with Crippen molar-refractivity contribution in [1.82, 2.24) is 0 Å². The van der Waals surface area contributed by atoms with Crippen LogP contribution in [0.3, 0.4) is 0 Å². The standard InChI is InChI=1S/C18H19NO5/c1-18(2,3)24-17(23)19-13-6-4-5-11(9-13)14-8-7-12(16(21)22)10-15(14)20/h4-10,20H,1-3H3,(H,19,23)(H,21,22). The van der Waals surface area contributed by atoms with E-state index in [1.165, 1.54) is 18.2 Å². The minimum absolute atomic E-state index is 0.000662. The first-order valence-corrected chi connectivity index (χ1v) is 7.32. The zero-order valence-corrected chi connectivity index (χ0v) is 13.7. The summed E-state index contributed by atoms with van der Waals surface area (Å²) in [4.78, 5) is 22.7. The number of anilines is 1. The molecular weight excluding hydrogens is 310 g/mol. The summed E-state index contributed by atoms with van der Waals surface area (Å²) in [5.41, 5.74) is 1.00. The molecule has 2 aromatic rings. The van der Waals surface area contributed by atoms with Gasteiger partial charge in [-0.15, -0.1) is 0 Å². The quantitative estimate of drug-likeness (QED) is 0.787. The van der Waals surface area contributed by atoms with Gasteiger partial charge < -0.3 is 14.9 Å². The number of carbonyl (C=O) groups is 2. The Kier molecular flexibility index (Phi) is 4.78. The number of phenols is 1. The molecule has 0 atom stereocenters. The Morgan fingerprint density at radius 1 is 1.08 bits per heavy atom. The van der Waals surface area contributed by atoms with Crippen molar-refractivity contribution in [2.24, 2.45) is 0 Å². The van der Waals surface area contributed by atoms with E-state index in [2.05, 4.69) is 5.32 Å². The largest absolute Gasteiger partial charge is 0.507 e. The maximum atomic E-state index is 11.8. The van der Waals surface area contributed by atoms with Gasteiger partial charge in [0.25, 0.3) is 0 Å². The molecule has 126 valence electrons. The minimum atomic E-state index is -1.11. The smallest absolute Gasteiger partial charge is 0.412 e. The Balaban J connectivity index is 2.25. The van der Waals surface area contributed by atoms with Crippen LogP contribution < -0.4 is 5.32 Å². The number of amides is 1. The topological polar surface area (TPSA) is 95.9 Å². The van der Waals surface area contributed by atoms with Gasteiger partial charge in [0.15, 0.2) is 0 Å². The van der Waals surface area contributed by atoms with E-state index in [4.69, 9.17) is 9.84 Å². The molecule has 24 heavy (non-hydrogen) atoms. The molecule has 2 rings (SSSR count). The van der Waals surface area contributed by atoms with Gasteiger partial charge >= 0.3 is 12.1 Å². The lowest BCUT2D eigenvalue weighted by atomic mass is 10.0. The zero-order chi connectivity index (χ0) is 17.9. The van der Waals surface area contributed by atoms with E-state index in [0.29, 0.717) is 16.8 Å². The molecule has 1 amide bonds.